The molecule has 0 aliphatic rings. The zero-order valence-corrected chi connectivity index (χ0v) is 13.7. The number of nitrogens with one attached hydrogen (secondary N) is 1. The van der Waals surface area contributed by atoms with Crippen molar-refractivity contribution in [2.24, 2.45) is 0 Å². The Morgan fingerprint density at radius 2 is 1.68 bits per heavy atom. The van der Waals surface area contributed by atoms with Gasteiger partial charge in [-0.1, -0.05) is 0 Å². The van der Waals surface area contributed by atoms with Crippen LogP contribution in [0.15, 0.2) is 21.1 Å². The summed E-state index contributed by atoms with van der Waals surface area (Å²) in [6, 6.07) is 3.84. The Morgan fingerprint density at radius 1 is 1.16 bits per heavy atom. The summed E-state index contributed by atoms with van der Waals surface area (Å²) >= 11 is 6.81. The number of unbranched alkanes of at least 4 members (excludes halogenated alkanes) is 1. The van der Waals surface area contributed by atoms with E-state index < -0.39 is 5.97 Å². The standard InChI is InChI=1S/C13H15Br2NO3/c1-8-6-9(14)13(10(15)7-8)16-11(17)4-2-3-5-12(18)19/h6-7H,2-5H2,1H3,(H,16,17)(H,18,19). The maximum Gasteiger partial charge on any atom is 0.303 e. The van der Waals surface area contributed by atoms with Crippen molar-refractivity contribution < 1.29 is 14.7 Å². The molecule has 2 N–H and O–H groups in total. The molecule has 1 aromatic carbocycles. The fourth-order valence-electron chi connectivity index (χ4n) is 1.58. The fourth-order valence-corrected chi connectivity index (χ4v) is 3.20. The van der Waals surface area contributed by atoms with Crippen LogP contribution >= 0.6 is 31.9 Å². The van der Waals surface area contributed by atoms with Crippen LogP contribution in [0.4, 0.5) is 5.69 Å². The number of anilines is 1. The summed E-state index contributed by atoms with van der Waals surface area (Å²) in [7, 11) is 0. The van der Waals surface area contributed by atoms with Gasteiger partial charge >= 0.3 is 5.97 Å². The lowest BCUT2D eigenvalue weighted by molar-refractivity contribution is -0.137. The molecule has 0 unspecified atom stereocenters. The number of carboxylic acids is 1. The monoisotopic (exact) mass is 391 g/mol. The summed E-state index contributed by atoms with van der Waals surface area (Å²) in [4.78, 5) is 22.1. The predicted molar refractivity (Wildman–Crippen MR) is 81.3 cm³/mol. The molecule has 0 aromatic heterocycles. The van der Waals surface area contributed by atoms with Crippen molar-refractivity contribution in [3.05, 3.63) is 26.6 Å². The van der Waals surface area contributed by atoms with Crippen molar-refractivity contribution in [3.8, 4) is 0 Å². The Morgan fingerprint density at radius 3 is 2.21 bits per heavy atom. The Kier molecular flexibility index (Phi) is 6.51. The van der Waals surface area contributed by atoms with Crippen LogP contribution < -0.4 is 5.32 Å². The van der Waals surface area contributed by atoms with E-state index >= 15 is 0 Å². The summed E-state index contributed by atoms with van der Waals surface area (Å²) in [5.41, 5.74) is 1.78. The maximum atomic E-state index is 11.7. The second kappa shape index (κ2) is 7.65. The molecule has 104 valence electrons. The van der Waals surface area contributed by atoms with Gasteiger partial charge in [0, 0.05) is 21.8 Å². The van der Waals surface area contributed by atoms with Gasteiger partial charge in [0.2, 0.25) is 5.91 Å². The van der Waals surface area contributed by atoms with Gasteiger partial charge < -0.3 is 10.4 Å². The summed E-state index contributed by atoms with van der Waals surface area (Å²) in [5, 5.41) is 11.3. The van der Waals surface area contributed by atoms with Gasteiger partial charge in [-0.3, -0.25) is 9.59 Å². The third kappa shape index (κ3) is 5.74. The lowest BCUT2D eigenvalue weighted by Gasteiger charge is -2.10. The van der Waals surface area contributed by atoms with Crippen LogP contribution in [0, 0.1) is 6.92 Å². The molecule has 1 aromatic rings. The highest BCUT2D eigenvalue weighted by molar-refractivity contribution is 9.11. The van der Waals surface area contributed by atoms with Crippen molar-refractivity contribution in [2.75, 3.05) is 5.32 Å². The van der Waals surface area contributed by atoms with Crippen LogP contribution in [0.25, 0.3) is 0 Å². The zero-order valence-electron chi connectivity index (χ0n) is 10.5. The lowest BCUT2D eigenvalue weighted by atomic mass is 10.2. The Labute approximate surface area is 128 Å². The number of hydrogen-bond acceptors (Lipinski definition) is 2. The zero-order chi connectivity index (χ0) is 14.4. The topological polar surface area (TPSA) is 66.4 Å². The first-order valence-electron chi connectivity index (χ1n) is 5.87. The molecule has 19 heavy (non-hydrogen) atoms. The minimum atomic E-state index is -0.829. The molecule has 0 spiro atoms. The third-order valence-corrected chi connectivity index (χ3v) is 3.75. The van der Waals surface area contributed by atoms with Crippen LogP contribution in [0.1, 0.15) is 31.2 Å². The largest absolute Gasteiger partial charge is 0.481 e. The molecule has 0 saturated carbocycles. The highest BCUT2D eigenvalue weighted by Gasteiger charge is 2.10. The van der Waals surface area contributed by atoms with E-state index in [0.717, 1.165) is 14.5 Å². The number of aliphatic carboxylic acids is 1. The van der Waals surface area contributed by atoms with Crippen molar-refractivity contribution in [1.29, 1.82) is 0 Å². The maximum absolute atomic E-state index is 11.7. The van der Waals surface area contributed by atoms with Crippen molar-refractivity contribution in [1.82, 2.24) is 0 Å². The normalized spacial score (nSPS) is 10.3. The fraction of sp³-hybridized carbons (Fsp3) is 0.385. The molecule has 0 radical (unpaired) electrons. The van der Waals surface area contributed by atoms with Gasteiger partial charge in [-0.15, -0.1) is 0 Å². The van der Waals surface area contributed by atoms with Crippen LogP contribution in [0.5, 0.6) is 0 Å². The van der Waals surface area contributed by atoms with Gasteiger partial charge in [0.25, 0.3) is 0 Å². The average molecular weight is 393 g/mol. The molecule has 6 heteroatoms. The highest BCUT2D eigenvalue weighted by Crippen LogP contribution is 2.32. The average Bonchev–Trinajstić information content (AvgIpc) is 2.29. The Hall–Kier alpha value is -0.880. The summed E-state index contributed by atoms with van der Waals surface area (Å²) in [6.07, 6.45) is 1.50. The number of carbonyl (C=O) groups is 2. The minimum absolute atomic E-state index is 0.102. The van der Waals surface area contributed by atoms with Crippen LogP contribution in [0.3, 0.4) is 0 Å². The van der Waals surface area contributed by atoms with E-state index in [1.165, 1.54) is 0 Å². The summed E-state index contributed by atoms with van der Waals surface area (Å²) in [5.74, 6) is -0.944. The summed E-state index contributed by atoms with van der Waals surface area (Å²) in [6.45, 7) is 1.97. The van der Waals surface area contributed by atoms with Gasteiger partial charge in [0.05, 0.1) is 5.69 Å². The quantitative estimate of drug-likeness (QED) is 0.716. The van der Waals surface area contributed by atoms with Gasteiger partial charge in [0.15, 0.2) is 0 Å². The smallest absolute Gasteiger partial charge is 0.303 e. The van der Waals surface area contributed by atoms with Crippen molar-refractivity contribution in [2.45, 2.75) is 32.6 Å². The molecule has 0 bridgehead atoms. The van der Waals surface area contributed by atoms with E-state index in [2.05, 4.69) is 37.2 Å². The molecule has 0 heterocycles. The molecule has 0 aliphatic carbocycles. The number of hydrogen-bond donors (Lipinski definition) is 2. The van der Waals surface area contributed by atoms with E-state index in [-0.39, 0.29) is 12.3 Å². The Balaban J connectivity index is 2.51. The molecule has 4 nitrogen and oxygen atoms in total. The summed E-state index contributed by atoms with van der Waals surface area (Å²) < 4.78 is 1.64. The van der Waals surface area contributed by atoms with E-state index in [4.69, 9.17) is 5.11 Å². The minimum Gasteiger partial charge on any atom is -0.481 e. The van der Waals surface area contributed by atoms with Crippen molar-refractivity contribution in [3.63, 3.8) is 0 Å². The van der Waals surface area contributed by atoms with Gasteiger partial charge in [-0.25, -0.2) is 0 Å². The molecule has 1 rings (SSSR count). The second-order valence-corrected chi connectivity index (χ2v) is 5.96. The third-order valence-electron chi connectivity index (χ3n) is 2.50. The highest BCUT2D eigenvalue weighted by atomic mass is 79.9. The number of carboxylic acid groups (broad SMARTS) is 1. The van der Waals surface area contributed by atoms with E-state index in [9.17, 15) is 9.59 Å². The van der Waals surface area contributed by atoms with Gasteiger partial charge in [-0.05, 0) is 69.3 Å². The number of aryl methyl sites for hydroxylation is 1. The molecular formula is C13H15Br2NO3. The van der Waals surface area contributed by atoms with E-state index in [0.29, 0.717) is 24.9 Å². The van der Waals surface area contributed by atoms with Crippen LogP contribution in [-0.2, 0) is 9.59 Å². The first-order chi connectivity index (χ1) is 8.90. The van der Waals surface area contributed by atoms with Crippen LogP contribution in [0.2, 0.25) is 0 Å². The first kappa shape index (κ1) is 16.2. The number of benzene rings is 1. The molecular weight excluding hydrogens is 378 g/mol. The van der Waals surface area contributed by atoms with E-state index in [1.54, 1.807) is 0 Å². The Bertz CT molecular complexity index is 466. The molecule has 0 atom stereocenters. The van der Waals surface area contributed by atoms with Crippen molar-refractivity contribution >= 4 is 49.4 Å². The molecule has 0 fully saturated rings. The molecule has 0 aliphatic heterocycles. The second-order valence-electron chi connectivity index (χ2n) is 4.25. The number of halogens is 2. The lowest BCUT2D eigenvalue weighted by Crippen LogP contribution is -2.12. The first-order valence-corrected chi connectivity index (χ1v) is 7.46. The molecule has 0 saturated heterocycles. The number of amides is 1. The van der Waals surface area contributed by atoms with Gasteiger partial charge in [-0.2, -0.15) is 0 Å². The predicted octanol–water partition coefficient (Wildman–Crippen LogP) is 4.10. The van der Waals surface area contributed by atoms with Gasteiger partial charge in [0.1, 0.15) is 0 Å². The van der Waals surface area contributed by atoms with Crippen LogP contribution in [-0.4, -0.2) is 17.0 Å². The van der Waals surface area contributed by atoms with E-state index in [1.807, 2.05) is 19.1 Å². The number of carbonyl (C=O) groups excluding carboxylic acids is 1. The number of rotatable bonds is 6. The molecule has 1 amide bonds. The SMILES string of the molecule is Cc1cc(Br)c(NC(=O)CCCCC(=O)O)c(Br)c1.